The number of amides is 1. The molecule has 6 heteroatoms. The third kappa shape index (κ3) is 4.98. The number of methoxy groups -OCH3 is 1. The van der Waals surface area contributed by atoms with E-state index in [1.807, 2.05) is 6.07 Å². The molecule has 22 heavy (non-hydrogen) atoms. The highest BCUT2D eigenvalue weighted by Gasteiger charge is 2.17. The zero-order chi connectivity index (χ0) is 15.9. The quantitative estimate of drug-likeness (QED) is 0.771. The summed E-state index contributed by atoms with van der Waals surface area (Å²) in [4.78, 5) is 15.8. The Morgan fingerprint density at radius 2 is 1.95 bits per heavy atom. The number of phenols is 1. The van der Waals surface area contributed by atoms with Gasteiger partial charge in [0.2, 0.25) is 5.91 Å². The van der Waals surface area contributed by atoms with E-state index in [9.17, 15) is 9.90 Å². The highest BCUT2D eigenvalue weighted by atomic mass is 16.5. The molecule has 1 aliphatic heterocycles. The molecule has 1 amide bonds. The fourth-order valence-corrected chi connectivity index (χ4v) is 2.63. The Kier molecular flexibility index (Phi) is 6.18. The van der Waals surface area contributed by atoms with Crippen molar-refractivity contribution in [3.05, 3.63) is 23.8 Å². The summed E-state index contributed by atoms with van der Waals surface area (Å²) in [6.45, 7) is 7.85. The zero-order valence-electron chi connectivity index (χ0n) is 13.3. The first-order chi connectivity index (χ1) is 10.6. The van der Waals surface area contributed by atoms with Gasteiger partial charge in [0.1, 0.15) is 5.75 Å². The summed E-state index contributed by atoms with van der Waals surface area (Å²) in [6.07, 6.45) is 0. The summed E-state index contributed by atoms with van der Waals surface area (Å²) in [6, 6.07) is 5.19. The summed E-state index contributed by atoms with van der Waals surface area (Å²) in [5.41, 5.74) is 1.57. The van der Waals surface area contributed by atoms with Crippen LogP contribution in [0.2, 0.25) is 0 Å². The maximum Gasteiger partial charge on any atom is 0.221 e. The molecule has 1 aliphatic rings. The van der Waals surface area contributed by atoms with Gasteiger partial charge >= 0.3 is 0 Å². The molecule has 1 aromatic rings. The van der Waals surface area contributed by atoms with Crippen molar-refractivity contribution in [2.24, 2.45) is 0 Å². The third-order valence-corrected chi connectivity index (χ3v) is 3.87. The molecule has 2 rings (SSSR count). The van der Waals surface area contributed by atoms with E-state index in [0.717, 1.165) is 50.6 Å². The van der Waals surface area contributed by atoms with Crippen LogP contribution in [0.15, 0.2) is 18.2 Å². The van der Waals surface area contributed by atoms with Gasteiger partial charge in [0, 0.05) is 64.6 Å². The van der Waals surface area contributed by atoms with Crippen LogP contribution < -0.4 is 5.32 Å². The first-order valence-corrected chi connectivity index (χ1v) is 7.61. The largest absolute Gasteiger partial charge is 0.508 e. The van der Waals surface area contributed by atoms with Gasteiger partial charge in [-0.25, -0.2) is 0 Å². The predicted octanol–water partition coefficient (Wildman–Crippen LogP) is 1.11. The molecule has 0 aliphatic carbocycles. The summed E-state index contributed by atoms with van der Waals surface area (Å²) in [5, 5.41) is 12.8. The number of hydrogen-bond acceptors (Lipinski definition) is 5. The molecular weight excluding hydrogens is 282 g/mol. The standard InChI is InChI=1S/C16H25N3O3/c1-13(20)17-15-3-4-16(21)14(11-15)12-19-7-5-18(6-8-19)9-10-22-2/h3-4,11,21H,5-10,12H2,1-2H3,(H,17,20). The molecule has 0 bridgehead atoms. The van der Waals surface area contributed by atoms with Gasteiger partial charge in [-0.15, -0.1) is 0 Å². The Bertz CT molecular complexity index is 499. The van der Waals surface area contributed by atoms with Crippen LogP contribution in [0.4, 0.5) is 5.69 Å². The topological polar surface area (TPSA) is 65.0 Å². The molecule has 1 aromatic carbocycles. The van der Waals surface area contributed by atoms with Gasteiger partial charge in [0.15, 0.2) is 0 Å². The van der Waals surface area contributed by atoms with Gasteiger partial charge in [-0.2, -0.15) is 0 Å². The molecule has 122 valence electrons. The summed E-state index contributed by atoms with van der Waals surface area (Å²) in [5.74, 6) is 0.166. The van der Waals surface area contributed by atoms with Crippen LogP contribution >= 0.6 is 0 Å². The lowest BCUT2D eigenvalue weighted by atomic mass is 10.1. The second-order valence-electron chi connectivity index (χ2n) is 5.64. The lowest BCUT2D eigenvalue weighted by molar-refractivity contribution is -0.114. The molecule has 0 saturated carbocycles. The number of nitrogens with one attached hydrogen (secondary N) is 1. The third-order valence-electron chi connectivity index (χ3n) is 3.87. The van der Waals surface area contributed by atoms with Gasteiger partial charge in [0.25, 0.3) is 0 Å². The van der Waals surface area contributed by atoms with Crippen LogP contribution in [0.3, 0.4) is 0 Å². The Balaban J connectivity index is 1.90. The van der Waals surface area contributed by atoms with Crippen LogP contribution in [-0.2, 0) is 16.1 Å². The fraction of sp³-hybridized carbons (Fsp3) is 0.562. The number of nitrogens with zero attached hydrogens (tertiary/aromatic N) is 2. The van der Waals surface area contributed by atoms with Crippen LogP contribution in [0.1, 0.15) is 12.5 Å². The maximum absolute atomic E-state index is 11.1. The van der Waals surface area contributed by atoms with Crippen molar-refractivity contribution in [3.8, 4) is 5.75 Å². The molecule has 0 unspecified atom stereocenters. The molecular formula is C16H25N3O3. The lowest BCUT2D eigenvalue weighted by Gasteiger charge is -2.34. The minimum Gasteiger partial charge on any atom is -0.508 e. The number of anilines is 1. The minimum absolute atomic E-state index is 0.108. The van der Waals surface area contributed by atoms with E-state index in [1.165, 1.54) is 6.92 Å². The average Bonchev–Trinajstić information content (AvgIpc) is 2.49. The predicted molar refractivity (Wildman–Crippen MR) is 86.0 cm³/mol. The van der Waals surface area contributed by atoms with E-state index < -0.39 is 0 Å². The Labute approximate surface area is 131 Å². The summed E-state index contributed by atoms with van der Waals surface area (Å²) < 4.78 is 5.10. The number of hydrogen-bond donors (Lipinski definition) is 2. The van der Waals surface area contributed by atoms with Crippen molar-refractivity contribution in [1.29, 1.82) is 0 Å². The molecule has 0 atom stereocenters. The highest BCUT2D eigenvalue weighted by molar-refractivity contribution is 5.88. The van der Waals surface area contributed by atoms with Crippen LogP contribution in [0.5, 0.6) is 5.75 Å². The number of ether oxygens (including phenoxy) is 1. The number of rotatable bonds is 6. The molecule has 1 saturated heterocycles. The highest BCUT2D eigenvalue weighted by Crippen LogP contribution is 2.23. The number of carbonyl (C=O) groups is 1. The maximum atomic E-state index is 11.1. The normalized spacial score (nSPS) is 16.6. The number of aromatic hydroxyl groups is 1. The van der Waals surface area contributed by atoms with Crippen molar-refractivity contribution in [3.63, 3.8) is 0 Å². The van der Waals surface area contributed by atoms with Gasteiger partial charge in [0.05, 0.1) is 6.61 Å². The molecule has 0 aromatic heterocycles. The smallest absolute Gasteiger partial charge is 0.221 e. The number of piperazine rings is 1. The second-order valence-corrected chi connectivity index (χ2v) is 5.64. The monoisotopic (exact) mass is 307 g/mol. The fourth-order valence-electron chi connectivity index (χ4n) is 2.63. The van der Waals surface area contributed by atoms with Gasteiger partial charge in [-0.1, -0.05) is 0 Å². The van der Waals surface area contributed by atoms with E-state index in [-0.39, 0.29) is 11.7 Å². The van der Waals surface area contributed by atoms with Crippen molar-refractivity contribution >= 4 is 11.6 Å². The Hall–Kier alpha value is -1.63. The Morgan fingerprint density at radius 1 is 1.27 bits per heavy atom. The lowest BCUT2D eigenvalue weighted by Crippen LogP contribution is -2.46. The average molecular weight is 307 g/mol. The van der Waals surface area contributed by atoms with Gasteiger partial charge in [-0.3, -0.25) is 14.6 Å². The minimum atomic E-state index is -0.108. The molecule has 0 spiro atoms. The van der Waals surface area contributed by atoms with Crippen molar-refractivity contribution in [2.75, 3.05) is 51.8 Å². The van der Waals surface area contributed by atoms with E-state index >= 15 is 0 Å². The van der Waals surface area contributed by atoms with Crippen LogP contribution in [0.25, 0.3) is 0 Å². The van der Waals surface area contributed by atoms with E-state index in [1.54, 1.807) is 19.2 Å². The number of phenolic OH excluding ortho intramolecular Hbond substituents is 1. The van der Waals surface area contributed by atoms with E-state index in [0.29, 0.717) is 6.54 Å². The SMILES string of the molecule is COCCN1CCN(Cc2cc(NC(C)=O)ccc2O)CC1. The van der Waals surface area contributed by atoms with Crippen molar-refractivity contribution in [2.45, 2.75) is 13.5 Å². The molecule has 1 heterocycles. The first-order valence-electron chi connectivity index (χ1n) is 7.61. The van der Waals surface area contributed by atoms with E-state index in [2.05, 4.69) is 15.1 Å². The molecule has 1 fully saturated rings. The molecule has 2 N–H and O–H groups in total. The molecule has 0 radical (unpaired) electrons. The zero-order valence-corrected chi connectivity index (χ0v) is 13.3. The van der Waals surface area contributed by atoms with E-state index in [4.69, 9.17) is 4.74 Å². The first kappa shape index (κ1) is 16.7. The molecule has 6 nitrogen and oxygen atoms in total. The van der Waals surface area contributed by atoms with Crippen molar-refractivity contribution < 1.29 is 14.6 Å². The second kappa shape index (κ2) is 8.12. The van der Waals surface area contributed by atoms with Crippen molar-refractivity contribution in [1.82, 2.24) is 9.80 Å². The van der Waals surface area contributed by atoms with Crippen LogP contribution in [-0.4, -0.2) is 67.3 Å². The van der Waals surface area contributed by atoms with Gasteiger partial charge < -0.3 is 15.2 Å². The number of benzene rings is 1. The summed E-state index contributed by atoms with van der Waals surface area (Å²) in [7, 11) is 1.72. The summed E-state index contributed by atoms with van der Waals surface area (Å²) >= 11 is 0. The van der Waals surface area contributed by atoms with Crippen LogP contribution in [0, 0.1) is 0 Å². The Morgan fingerprint density at radius 3 is 2.59 bits per heavy atom. The van der Waals surface area contributed by atoms with Gasteiger partial charge in [-0.05, 0) is 18.2 Å². The number of carbonyl (C=O) groups excluding carboxylic acids is 1.